The van der Waals surface area contributed by atoms with E-state index in [0.717, 1.165) is 54.0 Å². The van der Waals surface area contributed by atoms with Crippen molar-refractivity contribution in [2.45, 2.75) is 25.8 Å². The van der Waals surface area contributed by atoms with E-state index < -0.39 is 0 Å². The van der Waals surface area contributed by atoms with Crippen molar-refractivity contribution >= 4 is 16.7 Å². The van der Waals surface area contributed by atoms with Crippen molar-refractivity contribution in [1.82, 2.24) is 24.2 Å². The van der Waals surface area contributed by atoms with Crippen LogP contribution >= 0.6 is 0 Å². The van der Waals surface area contributed by atoms with Crippen molar-refractivity contribution in [2.75, 3.05) is 20.2 Å². The second kappa shape index (κ2) is 11.4. The molecule has 1 aliphatic rings. The maximum absolute atomic E-state index is 13.7. The van der Waals surface area contributed by atoms with Gasteiger partial charge >= 0.3 is 0 Å². The van der Waals surface area contributed by atoms with Gasteiger partial charge in [0.1, 0.15) is 22.8 Å². The van der Waals surface area contributed by atoms with Crippen LogP contribution in [0, 0.1) is 0 Å². The lowest BCUT2D eigenvalue weighted by Crippen LogP contribution is -2.23. The van der Waals surface area contributed by atoms with Crippen molar-refractivity contribution in [2.24, 2.45) is 7.05 Å². The summed E-state index contributed by atoms with van der Waals surface area (Å²) in [6.45, 7) is 2.47. The van der Waals surface area contributed by atoms with Crippen LogP contribution in [0.5, 0.6) is 17.2 Å². The maximum Gasteiger partial charge on any atom is 0.282 e. The van der Waals surface area contributed by atoms with E-state index in [1.165, 1.54) is 0 Å². The molecule has 3 aromatic heterocycles. The lowest BCUT2D eigenvalue weighted by atomic mass is 10.1. The molecule has 2 aromatic carbocycles. The van der Waals surface area contributed by atoms with Gasteiger partial charge in [0.2, 0.25) is 0 Å². The van der Waals surface area contributed by atoms with E-state index >= 15 is 0 Å². The molecule has 1 fully saturated rings. The molecule has 208 valence electrons. The molecule has 0 unspecified atom stereocenters. The topological polar surface area (TPSA) is 91.5 Å². The van der Waals surface area contributed by atoms with E-state index in [2.05, 4.69) is 14.9 Å². The highest BCUT2D eigenvalue weighted by molar-refractivity contribution is 5.98. The Hall–Kier alpha value is -4.76. The Morgan fingerprint density at radius 2 is 1.73 bits per heavy atom. The van der Waals surface area contributed by atoms with Crippen LogP contribution in [-0.2, 0) is 20.0 Å². The van der Waals surface area contributed by atoms with Gasteiger partial charge in [-0.15, -0.1) is 0 Å². The number of hydrogen-bond donors (Lipinski definition) is 0. The Bertz CT molecular complexity index is 1750. The van der Waals surface area contributed by atoms with E-state index in [-0.39, 0.29) is 23.3 Å². The fourth-order valence-electron chi connectivity index (χ4n) is 5.40. The number of carbonyl (C=O) groups is 1. The van der Waals surface area contributed by atoms with E-state index in [1.807, 2.05) is 60.3 Å². The number of Topliss-reactive ketones (excluding diaryl/α,β-unsaturated/α-hetero) is 1. The van der Waals surface area contributed by atoms with Crippen LogP contribution in [0.4, 0.5) is 0 Å². The second-order valence-electron chi connectivity index (χ2n) is 10.2. The Morgan fingerprint density at radius 3 is 2.46 bits per heavy atom. The molecule has 4 heterocycles. The number of rotatable bonds is 9. The number of aromatic nitrogens is 4. The summed E-state index contributed by atoms with van der Waals surface area (Å²) in [5.74, 6) is 1.64. The van der Waals surface area contributed by atoms with Gasteiger partial charge in [0.15, 0.2) is 5.78 Å². The number of pyridine rings is 2. The van der Waals surface area contributed by atoms with Gasteiger partial charge in [-0.25, -0.2) is 4.68 Å². The number of hydrogen-bond acceptors (Lipinski definition) is 7. The number of carbonyl (C=O) groups excluding carboxylic acids is 1. The summed E-state index contributed by atoms with van der Waals surface area (Å²) in [6, 6.07) is 20.4. The van der Waals surface area contributed by atoms with E-state index in [0.29, 0.717) is 23.7 Å². The van der Waals surface area contributed by atoms with E-state index in [1.54, 1.807) is 42.4 Å². The predicted molar refractivity (Wildman–Crippen MR) is 156 cm³/mol. The third-order valence-corrected chi connectivity index (χ3v) is 7.51. The first-order valence-electron chi connectivity index (χ1n) is 13.7. The third kappa shape index (κ3) is 5.36. The summed E-state index contributed by atoms with van der Waals surface area (Å²) >= 11 is 0. The number of ether oxygens (including phenoxy) is 2. The maximum atomic E-state index is 13.7. The standard InChI is InChI=1S/C32H31N5O4/c1-35-28(21-36-16-6-7-17-36)31(32(39)37(35)23-8-4-3-5-9-23)29(38)18-22-10-11-25(20-34-22)41-30-14-15-33-27-19-24(40-2)12-13-26(27)30/h3-5,8-15,19-20H,6-7,16-18,21H2,1-2H3. The quantitative estimate of drug-likeness (QED) is 0.241. The first kappa shape index (κ1) is 26.5. The van der Waals surface area contributed by atoms with Crippen LogP contribution in [0.2, 0.25) is 0 Å². The molecule has 0 saturated carbocycles. The van der Waals surface area contributed by atoms with Crippen molar-refractivity contribution in [3.8, 4) is 22.9 Å². The average Bonchev–Trinajstić information content (AvgIpc) is 3.60. The normalized spacial score (nSPS) is 13.5. The van der Waals surface area contributed by atoms with Crippen LogP contribution in [0.15, 0.2) is 83.9 Å². The number of fused-ring (bicyclic) bond motifs is 1. The van der Waals surface area contributed by atoms with Crippen molar-refractivity contribution in [3.05, 3.63) is 106 Å². The smallest absolute Gasteiger partial charge is 0.282 e. The highest BCUT2D eigenvalue weighted by Crippen LogP contribution is 2.30. The number of methoxy groups -OCH3 is 1. The number of benzene rings is 2. The zero-order valence-electron chi connectivity index (χ0n) is 23.1. The molecule has 0 radical (unpaired) electrons. The lowest BCUT2D eigenvalue weighted by Gasteiger charge is -2.17. The Balaban J connectivity index is 1.25. The number of likely N-dealkylation sites (tertiary alicyclic amines) is 1. The minimum absolute atomic E-state index is 0.0132. The average molecular weight is 550 g/mol. The van der Waals surface area contributed by atoms with Gasteiger partial charge in [0.25, 0.3) is 5.56 Å². The Labute approximate surface area is 237 Å². The zero-order chi connectivity index (χ0) is 28.3. The molecule has 0 bridgehead atoms. The highest BCUT2D eigenvalue weighted by atomic mass is 16.5. The van der Waals surface area contributed by atoms with Crippen molar-refractivity contribution < 1.29 is 14.3 Å². The molecule has 1 aliphatic heterocycles. The third-order valence-electron chi connectivity index (χ3n) is 7.51. The van der Waals surface area contributed by atoms with Gasteiger partial charge in [-0.3, -0.25) is 29.1 Å². The Morgan fingerprint density at radius 1 is 0.951 bits per heavy atom. The minimum Gasteiger partial charge on any atom is -0.497 e. The summed E-state index contributed by atoms with van der Waals surface area (Å²) in [7, 11) is 3.46. The molecule has 0 aliphatic carbocycles. The molecule has 0 amide bonds. The summed E-state index contributed by atoms with van der Waals surface area (Å²) < 4.78 is 14.8. The van der Waals surface area contributed by atoms with Crippen LogP contribution in [0.25, 0.3) is 16.6 Å². The van der Waals surface area contributed by atoms with Crippen molar-refractivity contribution in [3.63, 3.8) is 0 Å². The monoisotopic (exact) mass is 549 g/mol. The molecule has 0 spiro atoms. The fraction of sp³-hybridized carbons (Fsp3) is 0.250. The number of nitrogens with zero attached hydrogens (tertiary/aromatic N) is 5. The predicted octanol–water partition coefficient (Wildman–Crippen LogP) is 4.94. The lowest BCUT2D eigenvalue weighted by molar-refractivity contribution is 0.0989. The molecule has 9 nitrogen and oxygen atoms in total. The van der Waals surface area contributed by atoms with Crippen LogP contribution in [0.1, 0.15) is 34.6 Å². The first-order valence-corrected chi connectivity index (χ1v) is 13.7. The number of ketones is 1. The van der Waals surface area contributed by atoms with Gasteiger partial charge in [0.05, 0.1) is 36.6 Å². The molecule has 0 atom stereocenters. The minimum atomic E-state index is -0.306. The van der Waals surface area contributed by atoms with Crippen molar-refractivity contribution in [1.29, 1.82) is 0 Å². The second-order valence-corrected chi connectivity index (χ2v) is 10.2. The molecule has 6 rings (SSSR count). The molecular formula is C32H31N5O4. The van der Waals surface area contributed by atoms with E-state index in [4.69, 9.17) is 9.47 Å². The molecular weight excluding hydrogens is 518 g/mol. The summed E-state index contributed by atoms with van der Waals surface area (Å²) in [5.41, 5.74) is 2.69. The fourth-order valence-corrected chi connectivity index (χ4v) is 5.40. The molecule has 9 heteroatoms. The van der Waals surface area contributed by atoms with Crippen LogP contribution in [-0.4, -0.2) is 50.2 Å². The van der Waals surface area contributed by atoms with E-state index in [9.17, 15) is 9.59 Å². The van der Waals surface area contributed by atoms with Gasteiger partial charge in [0, 0.05) is 36.9 Å². The highest BCUT2D eigenvalue weighted by Gasteiger charge is 2.27. The van der Waals surface area contributed by atoms with Crippen LogP contribution < -0.4 is 15.0 Å². The first-order chi connectivity index (χ1) is 20.0. The summed E-state index contributed by atoms with van der Waals surface area (Å²) in [5, 5.41) is 0.844. The summed E-state index contributed by atoms with van der Waals surface area (Å²) in [6.07, 6.45) is 5.53. The molecule has 41 heavy (non-hydrogen) atoms. The molecule has 5 aromatic rings. The zero-order valence-corrected chi connectivity index (χ0v) is 23.1. The number of para-hydroxylation sites is 1. The largest absolute Gasteiger partial charge is 0.497 e. The summed E-state index contributed by atoms with van der Waals surface area (Å²) in [4.78, 5) is 38.5. The molecule has 0 N–H and O–H groups in total. The van der Waals surface area contributed by atoms with Crippen LogP contribution in [0.3, 0.4) is 0 Å². The van der Waals surface area contributed by atoms with Gasteiger partial charge < -0.3 is 9.47 Å². The molecule has 1 saturated heterocycles. The Kier molecular flexibility index (Phi) is 7.35. The van der Waals surface area contributed by atoms with Gasteiger partial charge in [-0.05, 0) is 68.4 Å². The van der Waals surface area contributed by atoms with Gasteiger partial charge in [-0.2, -0.15) is 0 Å². The SMILES string of the molecule is COc1ccc2c(Oc3ccc(CC(=O)c4c(CN5CCCC5)n(C)n(-c5ccccc5)c4=O)nc3)ccnc2c1. The van der Waals surface area contributed by atoms with Gasteiger partial charge in [-0.1, -0.05) is 18.2 Å².